The van der Waals surface area contributed by atoms with Crippen LogP contribution in [0.1, 0.15) is 44.7 Å². The molecule has 0 atom stereocenters. The summed E-state index contributed by atoms with van der Waals surface area (Å²) in [5.74, 6) is 0.127. The first kappa shape index (κ1) is 18.5. The Morgan fingerprint density at radius 2 is 1.75 bits per heavy atom. The van der Waals surface area contributed by atoms with Gasteiger partial charge in [0, 0.05) is 29.2 Å². The fraction of sp³-hybridized carbons (Fsp3) is 0.286. The van der Waals surface area contributed by atoms with Crippen molar-refractivity contribution in [2.45, 2.75) is 26.7 Å². The summed E-state index contributed by atoms with van der Waals surface area (Å²) in [5.41, 5.74) is 4.28. The van der Waals surface area contributed by atoms with E-state index in [1.54, 1.807) is 30.3 Å². The molecule has 2 N–H and O–H groups in total. The highest BCUT2D eigenvalue weighted by molar-refractivity contribution is 6.31. The van der Waals surface area contributed by atoms with Crippen molar-refractivity contribution in [1.29, 1.82) is 0 Å². The van der Waals surface area contributed by atoms with Gasteiger partial charge in [-0.2, -0.15) is 0 Å². The monoisotopic (exact) mass is 396 g/mol. The van der Waals surface area contributed by atoms with Crippen LogP contribution in [0.2, 0.25) is 5.02 Å². The van der Waals surface area contributed by atoms with Crippen LogP contribution in [0.3, 0.4) is 0 Å². The molecule has 1 saturated heterocycles. The first-order valence-corrected chi connectivity index (χ1v) is 9.68. The van der Waals surface area contributed by atoms with E-state index in [9.17, 15) is 9.59 Å². The zero-order chi connectivity index (χ0) is 19.8. The van der Waals surface area contributed by atoms with Crippen molar-refractivity contribution in [2.24, 2.45) is 0 Å². The van der Waals surface area contributed by atoms with Gasteiger partial charge in [-0.25, -0.2) is 4.98 Å². The van der Waals surface area contributed by atoms with Gasteiger partial charge < -0.3 is 9.88 Å². The van der Waals surface area contributed by atoms with Crippen LogP contribution in [-0.4, -0.2) is 39.8 Å². The lowest BCUT2D eigenvalue weighted by Gasteiger charge is -2.18. The molecule has 7 heteroatoms. The lowest BCUT2D eigenvalue weighted by atomic mass is 9.97. The molecule has 0 saturated carbocycles. The van der Waals surface area contributed by atoms with E-state index in [0.29, 0.717) is 22.1 Å². The molecule has 2 aromatic carbocycles. The van der Waals surface area contributed by atoms with E-state index in [-0.39, 0.29) is 11.8 Å². The highest BCUT2D eigenvalue weighted by atomic mass is 35.5. The Morgan fingerprint density at radius 1 is 1.07 bits per heavy atom. The largest absolute Gasteiger partial charge is 0.339 e. The van der Waals surface area contributed by atoms with Gasteiger partial charge in [0.05, 0.1) is 11.0 Å². The van der Waals surface area contributed by atoms with Crippen molar-refractivity contribution in [2.75, 3.05) is 18.4 Å². The Bertz CT molecular complexity index is 1080. The average molecular weight is 397 g/mol. The van der Waals surface area contributed by atoms with Gasteiger partial charge in [0.25, 0.3) is 11.8 Å². The fourth-order valence-electron chi connectivity index (χ4n) is 3.60. The molecule has 3 aromatic rings. The Morgan fingerprint density at radius 3 is 2.50 bits per heavy atom. The van der Waals surface area contributed by atoms with E-state index in [1.165, 1.54) is 0 Å². The van der Waals surface area contributed by atoms with Crippen LogP contribution in [0, 0.1) is 13.8 Å². The molecule has 2 heterocycles. The third-order valence-electron chi connectivity index (χ3n) is 5.33. The number of carbonyl (C=O) groups is 2. The molecule has 28 heavy (non-hydrogen) atoms. The van der Waals surface area contributed by atoms with E-state index < -0.39 is 0 Å². The van der Waals surface area contributed by atoms with Crippen molar-refractivity contribution < 1.29 is 9.59 Å². The Kier molecular flexibility index (Phi) is 4.81. The number of likely N-dealkylation sites (tertiary alicyclic amines) is 1. The molecule has 6 nitrogen and oxygen atoms in total. The number of aromatic amines is 1. The summed E-state index contributed by atoms with van der Waals surface area (Å²) in [6, 6.07) is 8.75. The van der Waals surface area contributed by atoms with Gasteiger partial charge in [-0.1, -0.05) is 11.6 Å². The van der Waals surface area contributed by atoms with E-state index in [2.05, 4.69) is 15.3 Å². The zero-order valence-corrected chi connectivity index (χ0v) is 16.6. The van der Waals surface area contributed by atoms with Crippen molar-refractivity contribution >= 4 is 40.4 Å². The van der Waals surface area contributed by atoms with Crippen LogP contribution in [0.5, 0.6) is 0 Å². The maximum Gasteiger partial charge on any atom is 0.258 e. The summed E-state index contributed by atoms with van der Waals surface area (Å²) < 4.78 is 0. The quantitative estimate of drug-likeness (QED) is 0.692. The number of halogens is 1. The van der Waals surface area contributed by atoms with Crippen molar-refractivity contribution in [3.8, 4) is 0 Å². The third-order valence-corrected chi connectivity index (χ3v) is 5.57. The fourth-order valence-corrected chi connectivity index (χ4v) is 3.78. The summed E-state index contributed by atoms with van der Waals surface area (Å²) in [4.78, 5) is 34.8. The Hall–Kier alpha value is -2.86. The Balaban J connectivity index is 1.58. The summed E-state index contributed by atoms with van der Waals surface area (Å²) >= 11 is 5.99. The number of nitrogens with one attached hydrogen (secondary N) is 2. The first-order chi connectivity index (χ1) is 13.4. The van der Waals surface area contributed by atoms with Gasteiger partial charge in [-0.3, -0.25) is 14.9 Å². The lowest BCUT2D eigenvalue weighted by Crippen LogP contribution is -2.28. The number of fused-ring (bicyclic) bond motifs is 1. The Labute approximate surface area is 167 Å². The number of benzene rings is 2. The molecule has 0 bridgehead atoms. The number of nitrogens with zero attached hydrogens (tertiary/aromatic N) is 2. The number of hydrogen-bond acceptors (Lipinski definition) is 3. The van der Waals surface area contributed by atoms with Gasteiger partial charge in [0.2, 0.25) is 5.95 Å². The lowest BCUT2D eigenvalue weighted by molar-refractivity contribution is 0.0791. The van der Waals surface area contributed by atoms with E-state index in [0.717, 1.165) is 48.1 Å². The number of hydrogen-bond donors (Lipinski definition) is 2. The predicted octanol–water partition coefficient (Wildman–Crippen LogP) is 4.32. The number of H-pyrrole nitrogens is 1. The second-order valence-electron chi connectivity index (χ2n) is 7.11. The number of imidazole rings is 1. The van der Waals surface area contributed by atoms with Crippen molar-refractivity contribution in [3.63, 3.8) is 0 Å². The SMILES string of the molecule is Cc1c(C(=O)Nc2nc3ccc(Cl)cc3[nH]2)ccc(C(=O)N2CCCC2)c1C. The normalized spacial score (nSPS) is 13.9. The molecule has 1 aliphatic heterocycles. The number of aromatic nitrogens is 2. The molecule has 2 amide bonds. The molecule has 1 fully saturated rings. The second-order valence-corrected chi connectivity index (χ2v) is 7.55. The minimum atomic E-state index is -0.272. The molecule has 1 aliphatic rings. The summed E-state index contributed by atoms with van der Waals surface area (Å²) in [6.45, 7) is 5.35. The molecule has 0 radical (unpaired) electrons. The molecular formula is C21H21ClN4O2. The maximum atomic E-state index is 12.8. The summed E-state index contributed by atoms with van der Waals surface area (Å²) in [7, 11) is 0. The zero-order valence-electron chi connectivity index (χ0n) is 15.8. The number of rotatable bonds is 3. The standard InChI is InChI=1S/C21H21ClN4O2/c1-12-13(2)16(20(28)26-9-3-4-10-26)7-6-15(12)19(27)25-21-23-17-8-5-14(22)11-18(17)24-21/h5-8,11H,3-4,9-10H2,1-2H3,(H2,23,24,25,27). The number of amides is 2. The first-order valence-electron chi connectivity index (χ1n) is 9.30. The second kappa shape index (κ2) is 7.28. The molecule has 4 rings (SSSR count). The van der Waals surface area contributed by atoms with Gasteiger partial charge in [0.15, 0.2) is 0 Å². The molecule has 1 aromatic heterocycles. The van der Waals surface area contributed by atoms with Gasteiger partial charge in [-0.15, -0.1) is 0 Å². The van der Waals surface area contributed by atoms with Crippen LogP contribution in [0.15, 0.2) is 30.3 Å². The minimum Gasteiger partial charge on any atom is -0.339 e. The molecule has 0 aliphatic carbocycles. The van der Waals surface area contributed by atoms with Crippen molar-refractivity contribution in [3.05, 3.63) is 57.6 Å². The number of anilines is 1. The highest BCUT2D eigenvalue weighted by Gasteiger charge is 2.23. The van der Waals surface area contributed by atoms with Gasteiger partial charge >= 0.3 is 0 Å². The topological polar surface area (TPSA) is 78.1 Å². The third kappa shape index (κ3) is 3.36. The maximum absolute atomic E-state index is 12.8. The summed E-state index contributed by atoms with van der Waals surface area (Å²) in [5, 5.41) is 3.39. The molecule has 0 unspecified atom stereocenters. The van der Waals surface area contributed by atoms with E-state index >= 15 is 0 Å². The number of carbonyl (C=O) groups excluding carboxylic acids is 2. The van der Waals surface area contributed by atoms with E-state index in [1.807, 2.05) is 18.7 Å². The van der Waals surface area contributed by atoms with Gasteiger partial charge in [0.1, 0.15) is 0 Å². The summed E-state index contributed by atoms with van der Waals surface area (Å²) in [6.07, 6.45) is 2.10. The van der Waals surface area contributed by atoms with Crippen LogP contribution in [-0.2, 0) is 0 Å². The van der Waals surface area contributed by atoms with Crippen LogP contribution >= 0.6 is 11.6 Å². The molecule has 0 spiro atoms. The van der Waals surface area contributed by atoms with Crippen molar-refractivity contribution in [1.82, 2.24) is 14.9 Å². The predicted molar refractivity (Wildman–Crippen MR) is 110 cm³/mol. The van der Waals surface area contributed by atoms with Crippen LogP contribution in [0.25, 0.3) is 11.0 Å². The highest BCUT2D eigenvalue weighted by Crippen LogP contribution is 2.23. The van der Waals surface area contributed by atoms with Gasteiger partial charge in [-0.05, 0) is 68.1 Å². The van der Waals surface area contributed by atoms with Crippen LogP contribution in [0.4, 0.5) is 5.95 Å². The van der Waals surface area contributed by atoms with E-state index in [4.69, 9.17) is 11.6 Å². The average Bonchev–Trinajstić information content (AvgIpc) is 3.32. The van der Waals surface area contributed by atoms with Crippen LogP contribution < -0.4 is 5.32 Å². The minimum absolute atomic E-state index is 0.0409. The molecule has 144 valence electrons. The molecular weight excluding hydrogens is 376 g/mol. The smallest absolute Gasteiger partial charge is 0.258 e.